The standard InChI is InChI=1S/C27H25N3O4.C26H23N3O4/c1-33-27(32)25(16-19-8-4-2-5-9-19)28-26(31)24-17-23(29-30-24)21-12-14-22(15-13-21)34-18-20-10-6-3-7-11-20;30-25(27-24(26(31)32)15-18-7-3-1-4-8-18)23-16-22(28-29-23)20-11-13-21(14-12-20)33-17-19-9-5-2-6-10-19/h2-15,17,25H,16,18H2,1H3,(H,28,31)(H,29,30);1-14,16,24H,15,17H2,(H,27,30)(H,28,29)(H,31,32). The molecule has 0 saturated heterocycles. The number of H-pyrrole nitrogens is 2. The molecule has 0 radical (unpaired) electrons. The zero-order valence-corrected chi connectivity index (χ0v) is 36.5. The summed E-state index contributed by atoms with van der Waals surface area (Å²) in [6.45, 7) is 0.956. The molecule has 6 aromatic carbocycles. The lowest BCUT2D eigenvalue weighted by molar-refractivity contribution is -0.143. The number of ether oxygens (including phenoxy) is 3. The van der Waals surface area contributed by atoms with Crippen molar-refractivity contribution in [1.82, 2.24) is 31.0 Å². The SMILES string of the molecule is COC(=O)C(Cc1ccccc1)NC(=O)c1cc(-c2ccc(OCc3ccccc3)cc2)n[nH]1.O=C(NC(Cc1ccccc1)C(=O)O)c1cc(-c2ccc(OCc3ccccc3)cc2)n[nH]1. The van der Waals surface area contributed by atoms with Crippen LogP contribution in [0.3, 0.4) is 0 Å². The van der Waals surface area contributed by atoms with E-state index in [-0.39, 0.29) is 17.8 Å². The van der Waals surface area contributed by atoms with E-state index in [4.69, 9.17) is 14.2 Å². The maximum absolute atomic E-state index is 12.8. The van der Waals surface area contributed by atoms with Crippen molar-refractivity contribution < 1.29 is 38.5 Å². The minimum absolute atomic E-state index is 0.188. The number of aliphatic carboxylic acids is 1. The maximum atomic E-state index is 12.8. The molecule has 8 aromatic rings. The predicted molar refractivity (Wildman–Crippen MR) is 252 cm³/mol. The molecule has 2 aromatic heterocycles. The van der Waals surface area contributed by atoms with Gasteiger partial charge in [-0.25, -0.2) is 9.59 Å². The van der Waals surface area contributed by atoms with E-state index in [0.717, 1.165) is 44.9 Å². The van der Waals surface area contributed by atoms with E-state index >= 15 is 0 Å². The van der Waals surface area contributed by atoms with Gasteiger partial charge in [-0.15, -0.1) is 0 Å². The molecule has 5 N–H and O–H groups in total. The highest BCUT2D eigenvalue weighted by molar-refractivity contribution is 5.96. The normalized spacial score (nSPS) is 11.5. The lowest BCUT2D eigenvalue weighted by Crippen LogP contribution is -2.43. The number of nitrogens with zero attached hydrogens (tertiary/aromatic N) is 2. The van der Waals surface area contributed by atoms with Crippen molar-refractivity contribution in [2.75, 3.05) is 7.11 Å². The average molecular weight is 897 g/mol. The summed E-state index contributed by atoms with van der Waals surface area (Å²) >= 11 is 0. The second kappa shape index (κ2) is 23.2. The first-order chi connectivity index (χ1) is 32.7. The van der Waals surface area contributed by atoms with Gasteiger partial charge in [-0.3, -0.25) is 19.8 Å². The van der Waals surface area contributed by atoms with E-state index in [9.17, 15) is 24.3 Å². The van der Waals surface area contributed by atoms with Gasteiger partial charge in [-0.2, -0.15) is 10.2 Å². The molecule has 2 unspecified atom stereocenters. The van der Waals surface area contributed by atoms with Crippen LogP contribution in [0.15, 0.2) is 182 Å². The molecule has 14 nitrogen and oxygen atoms in total. The van der Waals surface area contributed by atoms with Crippen molar-refractivity contribution >= 4 is 23.8 Å². The first kappa shape index (κ1) is 46.2. The van der Waals surface area contributed by atoms with Gasteiger partial charge in [-0.05, 0) is 82.9 Å². The molecule has 67 heavy (non-hydrogen) atoms. The summed E-state index contributed by atoms with van der Waals surface area (Å²) in [5, 5.41) is 28.7. The zero-order chi connectivity index (χ0) is 46.8. The average Bonchev–Trinajstić information content (AvgIpc) is 4.09. The summed E-state index contributed by atoms with van der Waals surface area (Å²) < 4.78 is 16.5. The summed E-state index contributed by atoms with van der Waals surface area (Å²) in [6, 6.07) is 54.7. The van der Waals surface area contributed by atoms with Gasteiger partial charge in [0, 0.05) is 24.0 Å². The van der Waals surface area contributed by atoms with Crippen LogP contribution in [0.2, 0.25) is 0 Å². The zero-order valence-electron chi connectivity index (χ0n) is 36.5. The summed E-state index contributed by atoms with van der Waals surface area (Å²) in [4.78, 5) is 49.2. The third kappa shape index (κ3) is 13.6. The minimum atomic E-state index is -1.10. The van der Waals surface area contributed by atoms with Gasteiger partial charge >= 0.3 is 11.9 Å². The van der Waals surface area contributed by atoms with Crippen LogP contribution in [-0.2, 0) is 40.4 Å². The van der Waals surface area contributed by atoms with Crippen LogP contribution in [0.25, 0.3) is 22.5 Å². The second-order valence-electron chi connectivity index (χ2n) is 15.2. The van der Waals surface area contributed by atoms with Gasteiger partial charge in [-0.1, -0.05) is 121 Å². The van der Waals surface area contributed by atoms with Crippen molar-refractivity contribution in [2.45, 2.75) is 38.1 Å². The Hall–Kier alpha value is -8.78. The molecule has 0 spiro atoms. The fraction of sp³-hybridized carbons (Fsp3) is 0.132. The summed E-state index contributed by atoms with van der Waals surface area (Å²) in [5.74, 6) is -1.11. The third-order valence-corrected chi connectivity index (χ3v) is 10.4. The van der Waals surface area contributed by atoms with Gasteiger partial charge in [0.1, 0.15) is 48.2 Å². The van der Waals surface area contributed by atoms with Crippen LogP contribution in [0, 0.1) is 0 Å². The van der Waals surface area contributed by atoms with Crippen molar-refractivity contribution in [1.29, 1.82) is 0 Å². The highest BCUT2D eigenvalue weighted by Gasteiger charge is 2.24. The first-order valence-corrected chi connectivity index (χ1v) is 21.4. The summed E-state index contributed by atoms with van der Waals surface area (Å²) in [5.41, 5.74) is 7.16. The van der Waals surface area contributed by atoms with Crippen LogP contribution in [0.4, 0.5) is 0 Å². The van der Waals surface area contributed by atoms with E-state index in [2.05, 4.69) is 31.0 Å². The van der Waals surface area contributed by atoms with Crippen LogP contribution in [0.5, 0.6) is 11.5 Å². The lowest BCUT2D eigenvalue weighted by Gasteiger charge is -2.16. The molecule has 0 saturated carbocycles. The fourth-order valence-corrected chi connectivity index (χ4v) is 6.80. The number of benzene rings is 6. The second-order valence-corrected chi connectivity index (χ2v) is 15.2. The number of carboxylic acids is 1. The lowest BCUT2D eigenvalue weighted by atomic mass is 10.1. The van der Waals surface area contributed by atoms with Gasteiger partial charge < -0.3 is 30.0 Å². The molecule has 2 heterocycles. The summed E-state index contributed by atoms with van der Waals surface area (Å²) in [7, 11) is 1.30. The monoisotopic (exact) mass is 896 g/mol. The van der Waals surface area contributed by atoms with Gasteiger partial charge in [0.15, 0.2) is 0 Å². The Balaban J connectivity index is 0.000000199. The number of carboxylic acid groups (broad SMARTS) is 1. The Morgan fingerprint density at radius 2 is 0.866 bits per heavy atom. The van der Waals surface area contributed by atoms with Crippen LogP contribution in [-0.4, -0.2) is 68.4 Å². The largest absolute Gasteiger partial charge is 0.489 e. The number of carbonyl (C=O) groups is 4. The Bertz CT molecular complexity index is 2820. The molecule has 338 valence electrons. The molecule has 0 aliphatic carbocycles. The number of hydrogen-bond acceptors (Lipinski definition) is 9. The number of esters is 1. The quantitative estimate of drug-likeness (QED) is 0.0523. The molecule has 0 fully saturated rings. The first-order valence-electron chi connectivity index (χ1n) is 21.4. The molecule has 0 aliphatic rings. The number of amides is 2. The van der Waals surface area contributed by atoms with Crippen LogP contribution < -0.4 is 20.1 Å². The van der Waals surface area contributed by atoms with Crippen LogP contribution >= 0.6 is 0 Å². The maximum Gasteiger partial charge on any atom is 0.328 e. The topological polar surface area (TPSA) is 198 Å². The van der Waals surface area contributed by atoms with E-state index < -0.39 is 35.8 Å². The molecular weight excluding hydrogens is 849 g/mol. The molecule has 0 aliphatic heterocycles. The number of aromatic nitrogens is 4. The van der Waals surface area contributed by atoms with E-state index in [1.807, 2.05) is 170 Å². The Kier molecular flexibility index (Phi) is 16.0. The minimum Gasteiger partial charge on any atom is -0.489 e. The van der Waals surface area contributed by atoms with Crippen LogP contribution in [0.1, 0.15) is 43.2 Å². The molecule has 8 rings (SSSR count). The number of aromatic amines is 2. The molecule has 2 amide bonds. The van der Waals surface area contributed by atoms with E-state index in [0.29, 0.717) is 31.0 Å². The molecule has 14 heteroatoms. The highest BCUT2D eigenvalue weighted by Crippen LogP contribution is 2.24. The van der Waals surface area contributed by atoms with Crippen molar-refractivity contribution in [2.24, 2.45) is 0 Å². The number of carbonyl (C=O) groups excluding carboxylic acids is 3. The highest BCUT2D eigenvalue weighted by atomic mass is 16.5. The van der Waals surface area contributed by atoms with Crippen molar-refractivity contribution in [3.63, 3.8) is 0 Å². The Labute approximate surface area is 387 Å². The van der Waals surface area contributed by atoms with Gasteiger partial charge in [0.05, 0.1) is 18.5 Å². The number of hydrogen-bond donors (Lipinski definition) is 5. The Morgan fingerprint density at radius 1 is 0.507 bits per heavy atom. The van der Waals surface area contributed by atoms with E-state index in [1.54, 1.807) is 12.1 Å². The van der Waals surface area contributed by atoms with Crippen molar-refractivity contribution in [3.05, 3.63) is 216 Å². The number of rotatable bonds is 18. The third-order valence-electron chi connectivity index (χ3n) is 10.4. The number of nitrogens with one attached hydrogen (secondary N) is 4. The molecule has 0 bridgehead atoms. The Morgan fingerprint density at radius 3 is 1.24 bits per heavy atom. The predicted octanol–water partition coefficient (Wildman–Crippen LogP) is 8.25. The smallest absolute Gasteiger partial charge is 0.328 e. The fourth-order valence-electron chi connectivity index (χ4n) is 6.80. The number of methoxy groups -OCH3 is 1. The van der Waals surface area contributed by atoms with Gasteiger partial charge in [0.2, 0.25) is 0 Å². The van der Waals surface area contributed by atoms with Crippen molar-refractivity contribution in [3.8, 4) is 34.0 Å². The molecular formula is C53H48N6O8. The van der Waals surface area contributed by atoms with Gasteiger partial charge in [0.25, 0.3) is 11.8 Å². The summed E-state index contributed by atoms with van der Waals surface area (Å²) in [6.07, 6.45) is 0.512. The van der Waals surface area contributed by atoms with E-state index in [1.165, 1.54) is 7.11 Å². The molecule has 2 atom stereocenters.